The maximum Gasteiger partial charge on any atom is 0.514 e. The third-order valence-electron chi connectivity index (χ3n) is 1.78. The van der Waals surface area contributed by atoms with Crippen LogP contribution in [0.3, 0.4) is 0 Å². The molecule has 0 saturated carbocycles. The maximum atomic E-state index is 11.4. The predicted molar refractivity (Wildman–Crippen MR) is 63.1 cm³/mol. The van der Waals surface area contributed by atoms with Crippen molar-refractivity contribution >= 4 is 18.7 Å². The van der Waals surface area contributed by atoms with Crippen LogP contribution in [0.25, 0.3) is 0 Å². The molecule has 5 nitrogen and oxygen atoms in total. The molecule has 0 amide bonds. The van der Waals surface area contributed by atoms with E-state index >= 15 is 0 Å². The van der Waals surface area contributed by atoms with Gasteiger partial charge in [0.25, 0.3) is 0 Å². The molecule has 0 radical (unpaired) electrons. The first-order valence-corrected chi connectivity index (χ1v) is 5.15. The van der Waals surface area contributed by atoms with Crippen LogP contribution in [0.2, 0.25) is 0 Å². The Balaban J connectivity index is 2.78. The molecule has 0 aliphatic carbocycles. The van der Waals surface area contributed by atoms with Gasteiger partial charge in [-0.2, -0.15) is 0 Å². The van der Waals surface area contributed by atoms with Gasteiger partial charge in [0, 0.05) is 5.46 Å². The van der Waals surface area contributed by atoms with Crippen LogP contribution < -0.4 is 10.2 Å². The topological polar surface area (TPSA) is 76.0 Å². The number of hydrogen-bond acceptors (Lipinski definition) is 5. The Morgan fingerprint density at radius 1 is 1.24 bits per heavy atom. The van der Waals surface area contributed by atoms with E-state index in [-0.39, 0.29) is 11.2 Å². The van der Waals surface area contributed by atoms with E-state index in [1.54, 1.807) is 32.9 Å². The quantitative estimate of drug-likeness (QED) is 0.450. The molecule has 6 heteroatoms. The number of ether oxygens (including phenoxy) is 2. The van der Waals surface area contributed by atoms with Gasteiger partial charge in [0.05, 0.1) is 0 Å². The van der Waals surface area contributed by atoms with Gasteiger partial charge in [-0.05, 0) is 26.8 Å². The van der Waals surface area contributed by atoms with Crippen molar-refractivity contribution in [3.8, 4) is 5.75 Å². The molecular formula is C11H15BO5. The molecule has 0 aliphatic heterocycles. The fourth-order valence-electron chi connectivity index (χ4n) is 1.15. The fraction of sp³-hybridized carbons (Fsp3) is 0.364. The second kappa shape index (κ2) is 5.20. The van der Waals surface area contributed by atoms with Gasteiger partial charge >= 0.3 is 13.3 Å². The predicted octanol–water partition coefficient (Wildman–Crippen LogP) is 0.680. The first-order chi connectivity index (χ1) is 7.79. The standard InChI is InChI=1S/C11H15BO5/c1-11(2,3)17-10(13)16-9-7-5-4-6-8(9)12(14)15/h4-7,14-15H,1-3H3. The number of para-hydroxylation sites is 1. The molecule has 0 aliphatic rings. The van der Waals surface area contributed by atoms with Crippen LogP contribution in [0.15, 0.2) is 24.3 Å². The van der Waals surface area contributed by atoms with Crippen LogP contribution in [0, 0.1) is 0 Å². The van der Waals surface area contributed by atoms with Crippen molar-refractivity contribution in [3.63, 3.8) is 0 Å². The van der Waals surface area contributed by atoms with Crippen LogP contribution in [-0.2, 0) is 4.74 Å². The lowest BCUT2D eigenvalue weighted by atomic mass is 9.80. The van der Waals surface area contributed by atoms with Gasteiger partial charge < -0.3 is 19.5 Å². The zero-order valence-electron chi connectivity index (χ0n) is 10.0. The van der Waals surface area contributed by atoms with Crippen molar-refractivity contribution < 1.29 is 24.3 Å². The number of hydrogen-bond donors (Lipinski definition) is 2. The lowest BCUT2D eigenvalue weighted by Gasteiger charge is -2.19. The van der Waals surface area contributed by atoms with Crippen molar-refractivity contribution in [1.29, 1.82) is 0 Å². The van der Waals surface area contributed by atoms with E-state index in [0.717, 1.165) is 0 Å². The van der Waals surface area contributed by atoms with E-state index in [1.807, 2.05) is 0 Å². The summed E-state index contributed by atoms with van der Waals surface area (Å²) < 4.78 is 9.85. The van der Waals surface area contributed by atoms with Gasteiger partial charge in [0.1, 0.15) is 11.4 Å². The highest BCUT2D eigenvalue weighted by atomic mass is 16.7. The van der Waals surface area contributed by atoms with E-state index in [0.29, 0.717) is 0 Å². The van der Waals surface area contributed by atoms with E-state index in [9.17, 15) is 4.79 Å². The summed E-state index contributed by atoms with van der Waals surface area (Å²) >= 11 is 0. The summed E-state index contributed by atoms with van der Waals surface area (Å²) in [4.78, 5) is 11.4. The lowest BCUT2D eigenvalue weighted by Crippen LogP contribution is -2.33. The third-order valence-corrected chi connectivity index (χ3v) is 1.78. The van der Waals surface area contributed by atoms with Crippen molar-refractivity contribution in [3.05, 3.63) is 24.3 Å². The SMILES string of the molecule is CC(C)(C)OC(=O)Oc1ccccc1B(O)O. The third kappa shape index (κ3) is 4.46. The summed E-state index contributed by atoms with van der Waals surface area (Å²) in [6.45, 7) is 5.13. The molecule has 1 aromatic carbocycles. The Bertz CT molecular complexity index is 397. The Labute approximate surface area is 100 Å². The first-order valence-electron chi connectivity index (χ1n) is 5.15. The average Bonchev–Trinajstić information content (AvgIpc) is 2.14. The number of carbonyl (C=O) groups is 1. The molecule has 17 heavy (non-hydrogen) atoms. The summed E-state index contributed by atoms with van der Waals surface area (Å²) in [7, 11) is -1.70. The van der Waals surface area contributed by atoms with E-state index in [1.165, 1.54) is 12.1 Å². The smallest absolute Gasteiger partial charge is 0.428 e. The molecule has 1 rings (SSSR count). The number of carbonyl (C=O) groups excluding carboxylic acids is 1. The molecule has 92 valence electrons. The molecule has 0 saturated heterocycles. The second-order valence-corrected chi connectivity index (χ2v) is 4.48. The Morgan fingerprint density at radius 2 is 1.82 bits per heavy atom. The fourth-order valence-corrected chi connectivity index (χ4v) is 1.15. The zero-order chi connectivity index (χ0) is 13.1. The first kappa shape index (κ1) is 13.5. The van der Waals surface area contributed by atoms with Gasteiger partial charge in [0.15, 0.2) is 0 Å². The highest BCUT2D eigenvalue weighted by Gasteiger charge is 2.22. The minimum atomic E-state index is -1.70. The largest absolute Gasteiger partial charge is 0.514 e. The number of rotatable bonds is 2. The second-order valence-electron chi connectivity index (χ2n) is 4.48. The molecule has 0 heterocycles. The van der Waals surface area contributed by atoms with Gasteiger partial charge in [-0.25, -0.2) is 4.79 Å². The highest BCUT2D eigenvalue weighted by molar-refractivity contribution is 6.59. The van der Waals surface area contributed by atoms with Crippen LogP contribution in [0.5, 0.6) is 5.75 Å². The van der Waals surface area contributed by atoms with Crippen molar-refractivity contribution in [2.75, 3.05) is 0 Å². The summed E-state index contributed by atoms with van der Waals surface area (Å²) in [6, 6.07) is 6.13. The Kier molecular flexibility index (Phi) is 4.14. The monoisotopic (exact) mass is 238 g/mol. The molecule has 0 unspecified atom stereocenters. The van der Waals surface area contributed by atoms with Gasteiger partial charge in [0.2, 0.25) is 0 Å². The summed E-state index contributed by atoms with van der Waals surface area (Å²) in [5, 5.41) is 18.1. The minimum absolute atomic E-state index is 0.0664. The molecule has 0 fully saturated rings. The summed E-state index contributed by atoms with van der Waals surface area (Å²) in [5.74, 6) is 0.0664. The van der Waals surface area contributed by atoms with Gasteiger partial charge in [-0.15, -0.1) is 0 Å². The lowest BCUT2D eigenvalue weighted by molar-refractivity contribution is 0.0208. The van der Waals surface area contributed by atoms with E-state index in [4.69, 9.17) is 19.5 Å². The average molecular weight is 238 g/mol. The van der Waals surface area contributed by atoms with Crippen LogP contribution >= 0.6 is 0 Å². The van der Waals surface area contributed by atoms with Gasteiger partial charge in [-0.1, -0.05) is 18.2 Å². The Morgan fingerprint density at radius 3 is 2.35 bits per heavy atom. The minimum Gasteiger partial charge on any atom is -0.428 e. The number of benzene rings is 1. The molecule has 2 N–H and O–H groups in total. The highest BCUT2D eigenvalue weighted by Crippen LogP contribution is 2.12. The van der Waals surface area contributed by atoms with Gasteiger partial charge in [-0.3, -0.25) is 0 Å². The normalized spacial score (nSPS) is 10.9. The van der Waals surface area contributed by atoms with E-state index in [2.05, 4.69) is 0 Å². The molecule has 1 aromatic rings. The maximum absolute atomic E-state index is 11.4. The van der Waals surface area contributed by atoms with Crippen LogP contribution in [0.1, 0.15) is 20.8 Å². The van der Waals surface area contributed by atoms with Crippen molar-refractivity contribution in [2.24, 2.45) is 0 Å². The van der Waals surface area contributed by atoms with E-state index < -0.39 is 18.9 Å². The van der Waals surface area contributed by atoms with Crippen molar-refractivity contribution in [1.82, 2.24) is 0 Å². The molecule has 0 atom stereocenters. The summed E-state index contributed by atoms with van der Waals surface area (Å²) in [5.41, 5.74) is -0.553. The molecule has 0 aromatic heterocycles. The van der Waals surface area contributed by atoms with Crippen molar-refractivity contribution in [2.45, 2.75) is 26.4 Å². The molecular weight excluding hydrogens is 223 g/mol. The van der Waals surface area contributed by atoms with Crippen LogP contribution in [0.4, 0.5) is 4.79 Å². The Hall–Kier alpha value is -1.53. The molecule has 0 spiro atoms. The van der Waals surface area contributed by atoms with Crippen LogP contribution in [-0.4, -0.2) is 28.9 Å². The molecule has 0 bridgehead atoms. The zero-order valence-corrected chi connectivity index (χ0v) is 10.0. The summed E-state index contributed by atoms with van der Waals surface area (Å²) in [6.07, 6.45) is -0.884.